The summed E-state index contributed by atoms with van der Waals surface area (Å²) in [6.07, 6.45) is 1.71. The summed E-state index contributed by atoms with van der Waals surface area (Å²) >= 11 is 0. The van der Waals surface area contributed by atoms with Crippen LogP contribution in [0.15, 0.2) is 24.3 Å². The summed E-state index contributed by atoms with van der Waals surface area (Å²) < 4.78 is 12.9. The molecule has 0 aromatic heterocycles. The highest BCUT2D eigenvalue weighted by molar-refractivity contribution is 5.94. The molecule has 0 bridgehead atoms. The molecule has 1 heterocycles. The standard InChI is InChI=1S/C18H25FN2O/c1-3-13-5-4-6-14(7-13)17(22)20-10-18(2)11-21(12-18)16-8-15(19)9-16/h4-7,15-16H,3,8-12H2,1-2H3,(H,20,22). The first kappa shape index (κ1) is 15.5. The van der Waals surface area contributed by atoms with E-state index in [0.717, 1.165) is 25.1 Å². The molecular formula is C18H25FN2O. The Morgan fingerprint density at radius 1 is 1.41 bits per heavy atom. The molecule has 4 heteroatoms. The van der Waals surface area contributed by atoms with Crippen LogP contribution in [0.2, 0.25) is 0 Å². The third-order valence-electron chi connectivity index (χ3n) is 5.01. The van der Waals surface area contributed by atoms with Gasteiger partial charge in [-0.1, -0.05) is 26.0 Å². The van der Waals surface area contributed by atoms with Gasteiger partial charge < -0.3 is 5.32 Å². The van der Waals surface area contributed by atoms with Crippen molar-refractivity contribution in [1.29, 1.82) is 0 Å². The van der Waals surface area contributed by atoms with Crippen LogP contribution in [-0.2, 0) is 6.42 Å². The summed E-state index contributed by atoms with van der Waals surface area (Å²) in [5, 5.41) is 3.06. The molecular weight excluding hydrogens is 279 g/mol. The summed E-state index contributed by atoms with van der Waals surface area (Å²) in [6.45, 7) is 6.88. The zero-order chi connectivity index (χ0) is 15.7. The van der Waals surface area contributed by atoms with Gasteiger partial charge in [0.2, 0.25) is 0 Å². The maximum atomic E-state index is 12.9. The van der Waals surface area contributed by atoms with Crippen molar-refractivity contribution in [3.63, 3.8) is 0 Å². The fourth-order valence-electron chi connectivity index (χ4n) is 3.45. The summed E-state index contributed by atoms with van der Waals surface area (Å²) in [4.78, 5) is 14.6. The third-order valence-corrected chi connectivity index (χ3v) is 5.01. The van der Waals surface area contributed by atoms with E-state index in [1.165, 1.54) is 5.56 Å². The van der Waals surface area contributed by atoms with Gasteiger partial charge >= 0.3 is 0 Å². The van der Waals surface area contributed by atoms with Gasteiger partial charge in [-0.2, -0.15) is 0 Å². The molecule has 1 aliphatic carbocycles. The van der Waals surface area contributed by atoms with Crippen LogP contribution in [0.5, 0.6) is 0 Å². The van der Waals surface area contributed by atoms with E-state index >= 15 is 0 Å². The lowest BCUT2D eigenvalue weighted by molar-refractivity contribution is -0.0628. The fourth-order valence-corrected chi connectivity index (χ4v) is 3.45. The smallest absolute Gasteiger partial charge is 0.251 e. The maximum absolute atomic E-state index is 12.9. The van der Waals surface area contributed by atoms with Gasteiger partial charge in [0, 0.05) is 36.7 Å². The fraction of sp³-hybridized carbons (Fsp3) is 0.611. The minimum atomic E-state index is -0.595. The Kier molecular flexibility index (Phi) is 4.22. The van der Waals surface area contributed by atoms with E-state index in [0.29, 0.717) is 25.4 Å². The third kappa shape index (κ3) is 3.17. The van der Waals surface area contributed by atoms with Crippen molar-refractivity contribution in [3.8, 4) is 0 Å². The lowest BCUT2D eigenvalue weighted by atomic mass is 9.77. The van der Waals surface area contributed by atoms with Gasteiger partial charge in [0.05, 0.1) is 0 Å². The van der Waals surface area contributed by atoms with E-state index in [-0.39, 0.29) is 11.3 Å². The van der Waals surface area contributed by atoms with E-state index < -0.39 is 6.17 Å². The maximum Gasteiger partial charge on any atom is 0.251 e. The second-order valence-corrected chi connectivity index (χ2v) is 7.17. The summed E-state index contributed by atoms with van der Waals surface area (Å²) in [7, 11) is 0. The number of likely N-dealkylation sites (tertiary alicyclic amines) is 1. The van der Waals surface area contributed by atoms with Crippen LogP contribution < -0.4 is 5.32 Å². The minimum Gasteiger partial charge on any atom is -0.351 e. The predicted molar refractivity (Wildman–Crippen MR) is 85.8 cm³/mol. The van der Waals surface area contributed by atoms with Crippen molar-refractivity contribution in [2.24, 2.45) is 5.41 Å². The number of benzene rings is 1. The SMILES string of the molecule is CCc1cccc(C(=O)NCC2(C)CN(C3CC(F)C3)C2)c1. The van der Waals surface area contributed by atoms with Gasteiger partial charge in [0.15, 0.2) is 0 Å². The number of alkyl halides is 1. The van der Waals surface area contributed by atoms with Gasteiger partial charge in [0.1, 0.15) is 6.17 Å². The van der Waals surface area contributed by atoms with Crippen LogP contribution in [0, 0.1) is 5.41 Å². The highest BCUT2D eigenvalue weighted by atomic mass is 19.1. The van der Waals surface area contributed by atoms with E-state index in [1.807, 2.05) is 24.3 Å². The van der Waals surface area contributed by atoms with Gasteiger partial charge in [-0.25, -0.2) is 4.39 Å². The van der Waals surface area contributed by atoms with Crippen LogP contribution in [0.3, 0.4) is 0 Å². The number of rotatable bonds is 5. The zero-order valence-electron chi connectivity index (χ0n) is 13.4. The highest BCUT2D eigenvalue weighted by Crippen LogP contribution is 2.38. The van der Waals surface area contributed by atoms with Crippen LogP contribution >= 0.6 is 0 Å². The molecule has 1 aliphatic heterocycles. The zero-order valence-corrected chi connectivity index (χ0v) is 13.4. The van der Waals surface area contributed by atoms with Gasteiger partial charge in [-0.15, -0.1) is 0 Å². The Morgan fingerprint density at radius 3 is 2.77 bits per heavy atom. The molecule has 22 heavy (non-hydrogen) atoms. The second kappa shape index (κ2) is 5.99. The van der Waals surface area contributed by atoms with Crippen molar-refractivity contribution in [3.05, 3.63) is 35.4 Å². The molecule has 0 spiro atoms. The summed E-state index contributed by atoms with van der Waals surface area (Å²) in [5.74, 6) is 0.00226. The van der Waals surface area contributed by atoms with Gasteiger partial charge in [-0.3, -0.25) is 9.69 Å². The molecule has 2 aliphatic rings. The monoisotopic (exact) mass is 304 g/mol. The Hall–Kier alpha value is -1.42. The topological polar surface area (TPSA) is 32.3 Å². The average Bonchev–Trinajstić information content (AvgIpc) is 2.47. The van der Waals surface area contributed by atoms with E-state index in [4.69, 9.17) is 0 Å². The molecule has 0 radical (unpaired) electrons. The molecule has 1 saturated heterocycles. The molecule has 1 N–H and O–H groups in total. The largest absolute Gasteiger partial charge is 0.351 e. The Morgan fingerprint density at radius 2 is 2.14 bits per heavy atom. The predicted octanol–water partition coefficient (Wildman–Crippen LogP) is 2.80. The van der Waals surface area contributed by atoms with E-state index in [1.54, 1.807) is 0 Å². The Bertz CT molecular complexity index is 548. The molecule has 1 aromatic rings. The molecule has 0 atom stereocenters. The number of carbonyl (C=O) groups is 1. The van der Waals surface area contributed by atoms with Crippen molar-refractivity contribution in [1.82, 2.24) is 10.2 Å². The lowest BCUT2D eigenvalue weighted by Gasteiger charge is -2.54. The first-order valence-electron chi connectivity index (χ1n) is 8.24. The van der Waals surface area contributed by atoms with Crippen molar-refractivity contribution < 1.29 is 9.18 Å². The lowest BCUT2D eigenvalue weighted by Crippen LogP contribution is -2.64. The van der Waals surface area contributed by atoms with Crippen LogP contribution in [-0.4, -0.2) is 42.7 Å². The minimum absolute atomic E-state index is 0.00226. The quantitative estimate of drug-likeness (QED) is 0.907. The van der Waals surface area contributed by atoms with E-state index in [9.17, 15) is 9.18 Å². The first-order valence-corrected chi connectivity index (χ1v) is 8.24. The number of halogens is 1. The second-order valence-electron chi connectivity index (χ2n) is 7.17. The van der Waals surface area contributed by atoms with Crippen molar-refractivity contribution in [2.45, 2.75) is 45.3 Å². The van der Waals surface area contributed by atoms with Crippen LogP contribution in [0.25, 0.3) is 0 Å². The number of nitrogens with zero attached hydrogens (tertiary/aromatic N) is 1. The molecule has 1 aromatic carbocycles. The molecule has 120 valence electrons. The Labute approximate surface area is 131 Å². The van der Waals surface area contributed by atoms with Crippen molar-refractivity contribution in [2.75, 3.05) is 19.6 Å². The number of hydrogen-bond donors (Lipinski definition) is 1. The molecule has 2 fully saturated rings. The molecule has 3 rings (SSSR count). The number of carbonyl (C=O) groups excluding carboxylic acids is 1. The van der Waals surface area contributed by atoms with Crippen molar-refractivity contribution >= 4 is 5.91 Å². The molecule has 1 saturated carbocycles. The normalized spacial score (nSPS) is 26.9. The number of aryl methyl sites for hydroxylation is 1. The number of hydrogen-bond acceptors (Lipinski definition) is 2. The first-order chi connectivity index (χ1) is 10.5. The summed E-state index contributed by atoms with van der Waals surface area (Å²) in [6, 6.07) is 8.23. The van der Waals surface area contributed by atoms with Crippen LogP contribution in [0.1, 0.15) is 42.6 Å². The molecule has 0 unspecified atom stereocenters. The molecule has 3 nitrogen and oxygen atoms in total. The number of amides is 1. The van der Waals surface area contributed by atoms with Gasteiger partial charge in [0.25, 0.3) is 5.91 Å². The van der Waals surface area contributed by atoms with Crippen LogP contribution in [0.4, 0.5) is 4.39 Å². The van der Waals surface area contributed by atoms with E-state index in [2.05, 4.69) is 24.1 Å². The molecule has 1 amide bonds. The Balaban J connectivity index is 1.47. The average molecular weight is 304 g/mol. The van der Waals surface area contributed by atoms with Gasteiger partial charge in [-0.05, 0) is 37.0 Å². The summed E-state index contributed by atoms with van der Waals surface area (Å²) in [5.41, 5.74) is 2.04. The number of nitrogens with one attached hydrogen (secondary N) is 1. The highest BCUT2D eigenvalue weighted by Gasteiger charge is 2.45.